The quantitative estimate of drug-likeness (QED) is 0.590. The molecule has 0 atom stereocenters. The van der Waals surface area contributed by atoms with E-state index in [9.17, 15) is 4.79 Å². The Morgan fingerprint density at radius 3 is 2.73 bits per heavy atom. The first-order chi connectivity index (χ1) is 12.5. The molecule has 0 fully saturated rings. The van der Waals surface area contributed by atoms with Gasteiger partial charge in [0.25, 0.3) is 0 Å². The summed E-state index contributed by atoms with van der Waals surface area (Å²) in [4.78, 5) is 19.8. The Hall–Kier alpha value is -2.83. The minimum Gasteiger partial charge on any atom is -0.496 e. The van der Waals surface area contributed by atoms with E-state index in [0.717, 1.165) is 48.4 Å². The van der Waals surface area contributed by atoms with Crippen LogP contribution in [-0.2, 0) is 6.42 Å². The highest BCUT2D eigenvalue weighted by atomic mass is 16.5. The normalized spacial score (nSPS) is 10.6. The molecule has 7 heteroatoms. The number of nitrogens with two attached hydrogens (primary N) is 1. The molecule has 7 nitrogen and oxygen atoms in total. The van der Waals surface area contributed by atoms with Crippen LogP contribution in [0.2, 0.25) is 0 Å². The second-order valence-corrected chi connectivity index (χ2v) is 6.14. The molecule has 1 heterocycles. The summed E-state index contributed by atoms with van der Waals surface area (Å²) in [7, 11) is 1.53. The summed E-state index contributed by atoms with van der Waals surface area (Å²) >= 11 is 0. The van der Waals surface area contributed by atoms with Crippen molar-refractivity contribution in [3.63, 3.8) is 0 Å². The number of aryl methyl sites for hydroxylation is 1. The number of carbonyl (C=O) groups is 1. The van der Waals surface area contributed by atoms with E-state index in [4.69, 9.17) is 15.6 Å². The second kappa shape index (κ2) is 9.03. The minimum absolute atomic E-state index is 0.189. The standard InChI is InChI=1S/C19H26N4O3/c1-4-5-6-9-21-17-15(12(2)22-19(20)23-17)10-13-7-8-14(18(24)25)11-16(13)26-3/h7-8,11H,4-6,9-10H2,1-3H3,(H,24,25)(H3,20,21,22,23). The Morgan fingerprint density at radius 2 is 2.08 bits per heavy atom. The molecule has 2 rings (SSSR count). The number of carboxylic acids is 1. The van der Waals surface area contributed by atoms with Crippen LogP contribution in [-0.4, -0.2) is 34.7 Å². The van der Waals surface area contributed by atoms with E-state index in [0.29, 0.717) is 12.2 Å². The molecule has 140 valence electrons. The number of nitrogen functional groups attached to an aromatic ring is 1. The van der Waals surface area contributed by atoms with Gasteiger partial charge in [-0.3, -0.25) is 0 Å². The van der Waals surface area contributed by atoms with Gasteiger partial charge in [0, 0.05) is 24.2 Å². The largest absolute Gasteiger partial charge is 0.496 e. The molecule has 4 N–H and O–H groups in total. The molecule has 0 aliphatic rings. The van der Waals surface area contributed by atoms with E-state index in [1.807, 2.05) is 6.92 Å². The molecule has 0 spiro atoms. The van der Waals surface area contributed by atoms with Crippen molar-refractivity contribution in [1.82, 2.24) is 9.97 Å². The van der Waals surface area contributed by atoms with Crippen LogP contribution in [0.3, 0.4) is 0 Å². The van der Waals surface area contributed by atoms with Gasteiger partial charge >= 0.3 is 5.97 Å². The number of methoxy groups -OCH3 is 1. The zero-order valence-electron chi connectivity index (χ0n) is 15.5. The van der Waals surface area contributed by atoms with Crippen LogP contribution in [0.1, 0.15) is 53.4 Å². The first-order valence-electron chi connectivity index (χ1n) is 8.73. The Kier molecular flexibility index (Phi) is 6.77. The van der Waals surface area contributed by atoms with Gasteiger partial charge in [-0.25, -0.2) is 9.78 Å². The van der Waals surface area contributed by atoms with E-state index < -0.39 is 5.97 Å². The van der Waals surface area contributed by atoms with Crippen LogP contribution in [0.4, 0.5) is 11.8 Å². The summed E-state index contributed by atoms with van der Waals surface area (Å²) in [5, 5.41) is 12.5. The molecule has 0 saturated heterocycles. The van der Waals surface area contributed by atoms with Gasteiger partial charge in [-0.15, -0.1) is 0 Å². The fourth-order valence-corrected chi connectivity index (χ4v) is 2.77. The van der Waals surface area contributed by atoms with Gasteiger partial charge in [-0.2, -0.15) is 4.98 Å². The summed E-state index contributed by atoms with van der Waals surface area (Å²) in [5.74, 6) is 0.492. The number of unbranched alkanes of at least 4 members (excludes halogenated alkanes) is 2. The predicted molar refractivity (Wildman–Crippen MR) is 102 cm³/mol. The lowest BCUT2D eigenvalue weighted by molar-refractivity contribution is 0.0696. The monoisotopic (exact) mass is 358 g/mol. The van der Waals surface area contributed by atoms with Crippen LogP contribution in [0, 0.1) is 6.92 Å². The highest BCUT2D eigenvalue weighted by Gasteiger charge is 2.15. The maximum Gasteiger partial charge on any atom is 0.335 e. The van der Waals surface area contributed by atoms with Gasteiger partial charge in [0.05, 0.1) is 12.7 Å². The molecule has 1 aromatic heterocycles. The molecule has 26 heavy (non-hydrogen) atoms. The van der Waals surface area contributed by atoms with E-state index in [1.54, 1.807) is 12.1 Å². The molecule has 2 aromatic rings. The number of aromatic carboxylic acids is 1. The van der Waals surface area contributed by atoms with E-state index >= 15 is 0 Å². The molecule has 0 amide bonds. The van der Waals surface area contributed by atoms with E-state index in [2.05, 4.69) is 22.2 Å². The first-order valence-corrected chi connectivity index (χ1v) is 8.73. The van der Waals surface area contributed by atoms with Crippen LogP contribution in [0.5, 0.6) is 5.75 Å². The van der Waals surface area contributed by atoms with Gasteiger partial charge < -0.3 is 20.9 Å². The first kappa shape index (κ1) is 19.5. The van der Waals surface area contributed by atoms with Crippen molar-refractivity contribution in [2.45, 2.75) is 39.5 Å². The van der Waals surface area contributed by atoms with Crippen LogP contribution < -0.4 is 15.8 Å². The van der Waals surface area contributed by atoms with Gasteiger partial charge in [0.1, 0.15) is 11.6 Å². The molecule has 0 unspecified atom stereocenters. The Balaban J connectivity index is 2.32. The van der Waals surface area contributed by atoms with Crippen LogP contribution in [0.25, 0.3) is 0 Å². The van der Waals surface area contributed by atoms with Crippen molar-refractivity contribution in [2.24, 2.45) is 0 Å². The summed E-state index contributed by atoms with van der Waals surface area (Å²) in [5.41, 5.74) is 8.58. The second-order valence-electron chi connectivity index (χ2n) is 6.14. The molecule has 0 bridgehead atoms. The van der Waals surface area contributed by atoms with Gasteiger partial charge in [-0.1, -0.05) is 25.8 Å². The van der Waals surface area contributed by atoms with Crippen LogP contribution >= 0.6 is 0 Å². The molecule has 1 aromatic carbocycles. The zero-order valence-corrected chi connectivity index (χ0v) is 15.5. The van der Waals surface area contributed by atoms with Crippen LogP contribution in [0.15, 0.2) is 18.2 Å². The topological polar surface area (TPSA) is 110 Å². The fourth-order valence-electron chi connectivity index (χ4n) is 2.77. The van der Waals surface area contributed by atoms with E-state index in [1.165, 1.54) is 13.2 Å². The number of ether oxygens (including phenoxy) is 1. The van der Waals surface area contributed by atoms with Gasteiger partial charge in [0.15, 0.2) is 0 Å². The number of anilines is 2. The summed E-state index contributed by atoms with van der Waals surface area (Å²) < 4.78 is 5.38. The Morgan fingerprint density at radius 1 is 1.31 bits per heavy atom. The van der Waals surface area contributed by atoms with Gasteiger partial charge in [0.2, 0.25) is 5.95 Å². The summed E-state index contributed by atoms with van der Waals surface area (Å²) in [6, 6.07) is 4.86. The number of aromatic nitrogens is 2. The SMILES string of the molecule is CCCCCNc1nc(N)nc(C)c1Cc1ccc(C(=O)O)cc1OC. The lowest BCUT2D eigenvalue weighted by Crippen LogP contribution is -2.12. The average Bonchev–Trinajstić information content (AvgIpc) is 2.61. The number of carboxylic acid groups (broad SMARTS) is 1. The van der Waals surface area contributed by atoms with Crippen molar-refractivity contribution in [3.8, 4) is 5.75 Å². The Labute approximate surface area is 153 Å². The lowest BCUT2D eigenvalue weighted by Gasteiger charge is -2.15. The summed E-state index contributed by atoms with van der Waals surface area (Å²) in [6.45, 7) is 4.86. The lowest BCUT2D eigenvalue weighted by atomic mass is 10.0. The zero-order chi connectivity index (χ0) is 19.1. The molecule has 0 radical (unpaired) electrons. The van der Waals surface area contributed by atoms with Crippen molar-refractivity contribution in [3.05, 3.63) is 40.6 Å². The number of nitrogens with one attached hydrogen (secondary N) is 1. The fraction of sp³-hybridized carbons (Fsp3) is 0.421. The van der Waals surface area contributed by atoms with Crippen molar-refractivity contribution >= 4 is 17.7 Å². The van der Waals surface area contributed by atoms with Crippen molar-refractivity contribution < 1.29 is 14.6 Å². The molecule has 0 aliphatic heterocycles. The third kappa shape index (κ3) is 4.84. The third-order valence-corrected chi connectivity index (χ3v) is 4.21. The highest BCUT2D eigenvalue weighted by Crippen LogP contribution is 2.27. The molecular formula is C19H26N4O3. The Bertz CT molecular complexity index is 778. The smallest absolute Gasteiger partial charge is 0.335 e. The van der Waals surface area contributed by atoms with E-state index in [-0.39, 0.29) is 11.5 Å². The predicted octanol–water partition coefficient (Wildman–Crippen LogP) is 3.27. The molecule has 0 aliphatic carbocycles. The number of hydrogen-bond acceptors (Lipinski definition) is 6. The van der Waals surface area contributed by atoms with Gasteiger partial charge in [-0.05, 0) is 31.0 Å². The number of nitrogens with zero attached hydrogens (tertiary/aromatic N) is 2. The summed E-state index contributed by atoms with van der Waals surface area (Å²) in [6.07, 6.45) is 3.86. The maximum atomic E-state index is 11.2. The minimum atomic E-state index is -0.986. The third-order valence-electron chi connectivity index (χ3n) is 4.21. The number of hydrogen-bond donors (Lipinski definition) is 3. The number of benzene rings is 1. The highest BCUT2D eigenvalue weighted by molar-refractivity contribution is 5.88. The number of rotatable bonds is 9. The molecular weight excluding hydrogens is 332 g/mol. The molecule has 0 saturated carbocycles. The van der Waals surface area contributed by atoms with Crippen molar-refractivity contribution in [2.75, 3.05) is 24.7 Å². The van der Waals surface area contributed by atoms with Crippen molar-refractivity contribution in [1.29, 1.82) is 0 Å². The average molecular weight is 358 g/mol. The maximum absolute atomic E-state index is 11.2.